The molecule has 0 aromatic heterocycles. The Kier molecular flexibility index (Phi) is 6.83. The highest BCUT2D eigenvalue weighted by Crippen LogP contribution is 2.24. The SMILES string of the molecule is CC(C)Oc1ccccc1NC(=O)CCNC(=O)c1ccc(Cl)cc1. The lowest BCUT2D eigenvalue weighted by Crippen LogP contribution is -2.27. The van der Waals surface area contributed by atoms with Crippen LogP contribution in [0.4, 0.5) is 5.69 Å². The lowest BCUT2D eigenvalue weighted by atomic mass is 10.2. The van der Waals surface area contributed by atoms with Gasteiger partial charge in [-0.05, 0) is 50.2 Å². The molecule has 0 aliphatic rings. The van der Waals surface area contributed by atoms with Crippen LogP contribution < -0.4 is 15.4 Å². The van der Waals surface area contributed by atoms with Crippen molar-refractivity contribution in [2.24, 2.45) is 0 Å². The number of halogens is 1. The van der Waals surface area contributed by atoms with E-state index >= 15 is 0 Å². The summed E-state index contributed by atoms with van der Waals surface area (Å²) in [5.74, 6) is 0.181. The van der Waals surface area contributed by atoms with E-state index < -0.39 is 0 Å². The number of carbonyl (C=O) groups is 2. The first-order valence-electron chi connectivity index (χ1n) is 8.05. The third kappa shape index (κ3) is 6.12. The standard InChI is InChI=1S/C19H21ClN2O3/c1-13(2)25-17-6-4-3-5-16(17)22-18(23)11-12-21-19(24)14-7-9-15(20)10-8-14/h3-10,13H,11-12H2,1-2H3,(H,21,24)(H,22,23). The number of carbonyl (C=O) groups excluding carboxylic acids is 2. The van der Waals surface area contributed by atoms with E-state index in [0.717, 1.165) is 0 Å². The molecule has 0 atom stereocenters. The number of hydrogen-bond acceptors (Lipinski definition) is 3. The Morgan fingerprint density at radius 3 is 2.44 bits per heavy atom. The van der Waals surface area contributed by atoms with Crippen LogP contribution >= 0.6 is 11.6 Å². The molecule has 132 valence electrons. The largest absolute Gasteiger partial charge is 0.489 e. The summed E-state index contributed by atoms with van der Waals surface area (Å²) < 4.78 is 5.66. The van der Waals surface area contributed by atoms with Gasteiger partial charge in [0.2, 0.25) is 5.91 Å². The van der Waals surface area contributed by atoms with Crippen molar-refractivity contribution in [1.29, 1.82) is 0 Å². The maximum Gasteiger partial charge on any atom is 0.251 e. The van der Waals surface area contributed by atoms with Crippen molar-refractivity contribution in [3.63, 3.8) is 0 Å². The quantitative estimate of drug-likeness (QED) is 0.787. The van der Waals surface area contributed by atoms with Gasteiger partial charge in [-0.1, -0.05) is 23.7 Å². The minimum atomic E-state index is -0.243. The summed E-state index contributed by atoms with van der Waals surface area (Å²) in [6.07, 6.45) is 0.173. The summed E-state index contributed by atoms with van der Waals surface area (Å²) in [6, 6.07) is 13.8. The summed E-state index contributed by atoms with van der Waals surface area (Å²) in [7, 11) is 0. The Morgan fingerprint density at radius 1 is 1.08 bits per heavy atom. The third-order valence-electron chi connectivity index (χ3n) is 3.27. The van der Waals surface area contributed by atoms with Gasteiger partial charge in [-0.3, -0.25) is 9.59 Å². The van der Waals surface area contributed by atoms with Crippen LogP contribution in [0.3, 0.4) is 0 Å². The fraction of sp³-hybridized carbons (Fsp3) is 0.263. The van der Waals surface area contributed by atoms with Gasteiger partial charge in [-0.25, -0.2) is 0 Å². The van der Waals surface area contributed by atoms with Crippen molar-refractivity contribution in [2.45, 2.75) is 26.4 Å². The minimum Gasteiger partial charge on any atom is -0.489 e. The van der Waals surface area contributed by atoms with Crippen molar-refractivity contribution < 1.29 is 14.3 Å². The second-order valence-electron chi connectivity index (χ2n) is 5.72. The summed E-state index contributed by atoms with van der Waals surface area (Å²) >= 11 is 5.79. The zero-order valence-corrected chi connectivity index (χ0v) is 15.0. The molecule has 2 aromatic carbocycles. The maximum atomic E-state index is 12.1. The fourth-order valence-corrected chi connectivity index (χ4v) is 2.26. The molecule has 0 saturated heterocycles. The number of rotatable bonds is 7. The summed E-state index contributed by atoms with van der Waals surface area (Å²) in [5, 5.41) is 6.08. The molecular weight excluding hydrogens is 340 g/mol. The molecule has 6 heteroatoms. The number of hydrogen-bond donors (Lipinski definition) is 2. The van der Waals surface area contributed by atoms with Gasteiger partial charge in [0, 0.05) is 23.6 Å². The smallest absolute Gasteiger partial charge is 0.251 e. The van der Waals surface area contributed by atoms with Crippen LogP contribution in [0.25, 0.3) is 0 Å². The molecule has 25 heavy (non-hydrogen) atoms. The molecule has 0 aliphatic heterocycles. The molecule has 0 bridgehead atoms. The van der Waals surface area contributed by atoms with Gasteiger partial charge >= 0.3 is 0 Å². The van der Waals surface area contributed by atoms with Gasteiger partial charge in [0.1, 0.15) is 5.75 Å². The Bertz CT molecular complexity index is 730. The monoisotopic (exact) mass is 360 g/mol. The van der Waals surface area contributed by atoms with Crippen LogP contribution in [0.15, 0.2) is 48.5 Å². The summed E-state index contributed by atoms with van der Waals surface area (Å²) in [6.45, 7) is 4.08. The van der Waals surface area contributed by atoms with E-state index in [1.54, 1.807) is 36.4 Å². The van der Waals surface area contributed by atoms with E-state index in [2.05, 4.69) is 10.6 Å². The highest BCUT2D eigenvalue weighted by Gasteiger charge is 2.10. The van der Waals surface area contributed by atoms with Crippen molar-refractivity contribution >= 4 is 29.1 Å². The van der Waals surface area contributed by atoms with Crippen LogP contribution in [0.5, 0.6) is 5.75 Å². The number of anilines is 1. The zero-order chi connectivity index (χ0) is 18.2. The predicted molar refractivity (Wildman–Crippen MR) is 99.2 cm³/mol. The summed E-state index contributed by atoms with van der Waals surface area (Å²) in [5.41, 5.74) is 1.12. The number of para-hydroxylation sites is 2. The molecule has 0 aliphatic carbocycles. The van der Waals surface area contributed by atoms with Gasteiger partial charge < -0.3 is 15.4 Å². The van der Waals surface area contributed by atoms with Crippen molar-refractivity contribution in [1.82, 2.24) is 5.32 Å². The van der Waals surface area contributed by atoms with Crippen LogP contribution in [-0.4, -0.2) is 24.5 Å². The Labute approximate surface area is 152 Å². The molecule has 2 amide bonds. The normalized spacial score (nSPS) is 10.4. The average molecular weight is 361 g/mol. The first-order chi connectivity index (χ1) is 12.0. The molecule has 0 unspecified atom stereocenters. The lowest BCUT2D eigenvalue weighted by molar-refractivity contribution is -0.116. The second-order valence-corrected chi connectivity index (χ2v) is 6.16. The summed E-state index contributed by atoms with van der Waals surface area (Å²) in [4.78, 5) is 24.0. The van der Waals surface area contributed by atoms with Gasteiger partial charge in [0.25, 0.3) is 5.91 Å². The number of ether oxygens (including phenoxy) is 1. The Balaban J connectivity index is 1.83. The minimum absolute atomic E-state index is 0.0108. The predicted octanol–water partition coefficient (Wildman–Crippen LogP) is 3.89. The van der Waals surface area contributed by atoms with Gasteiger partial charge in [0.05, 0.1) is 11.8 Å². The highest BCUT2D eigenvalue weighted by atomic mass is 35.5. The van der Waals surface area contributed by atoms with E-state index in [1.165, 1.54) is 0 Å². The number of nitrogens with one attached hydrogen (secondary N) is 2. The van der Waals surface area contributed by atoms with Gasteiger partial charge in [-0.15, -0.1) is 0 Å². The van der Waals surface area contributed by atoms with E-state index in [9.17, 15) is 9.59 Å². The first kappa shape index (κ1) is 18.8. The van der Waals surface area contributed by atoms with Gasteiger partial charge in [0.15, 0.2) is 0 Å². The first-order valence-corrected chi connectivity index (χ1v) is 8.43. The highest BCUT2D eigenvalue weighted by molar-refractivity contribution is 6.30. The molecule has 0 radical (unpaired) electrons. The van der Waals surface area contributed by atoms with E-state index in [0.29, 0.717) is 22.0 Å². The van der Waals surface area contributed by atoms with Crippen molar-refractivity contribution in [3.05, 3.63) is 59.1 Å². The van der Waals surface area contributed by atoms with E-state index in [4.69, 9.17) is 16.3 Å². The van der Waals surface area contributed by atoms with Crippen LogP contribution in [-0.2, 0) is 4.79 Å². The van der Waals surface area contributed by atoms with E-state index in [-0.39, 0.29) is 30.9 Å². The van der Waals surface area contributed by atoms with Gasteiger partial charge in [-0.2, -0.15) is 0 Å². The molecule has 2 N–H and O–H groups in total. The topological polar surface area (TPSA) is 67.4 Å². The number of amides is 2. The van der Waals surface area contributed by atoms with Crippen molar-refractivity contribution in [3.8, 4) is 5.75 Å². The zero-order valence-electron chi connectivity index (χ0n) is 14.2. The average Bonchev–Trinajstić information content (AvgIpc) is 2.56. The third-order valence-corrected chi connectivity index (χ3v) is 3.52. The Hall–Kier alpha value is -2.53. The number of benzene rings is 2. The molecule has 0 saturated carbocycles. The molecule has 0 heterocycles. The second kappa shape index (κ2) is 9.08. The molecule has 2 rings (SSSR count). The molecular formula is C19H21ClN2O3. The lowest BCUT2D eigenvalue weighted by Gasteiger charge is -2.14. The van der Waals surface area contributed by atoms with Crippen LogP contribution in [0.1, 0.15) is 30.6 Å². The molecule has 2 aromatic rings. The molecule has 5 nitrogen and oxygen atoms in total. The van der Waals surface area contributed by atoms with Crippen LogP contribution in [0.2, 0.25) is 5.02 Å². The molecule has 0 fully saturated rings. The molecule has 0 spiro atoms. The van der Waals surface area contributed by atoms with Crippen LogP contribution in [0, 0.1) is 0 Å². The maximum absolute atomic E-state index is 12.1. The van der Waals surface area contributed by atoms with Crippen molar-refractivity contribution in [2.75, 3.05) is 11.9 Å². The fourth-order valence-electron chi connectivity index (χ4n) is 2.13. The Morgan fingerprint density at radius 2 is 1.76 bits per heavy atom. The van der Waals surface area contributed by atoms with E-state index in [1.807, 2.05) is 26.0 Å².